The van der Waals surface area contributed by atoms with Gasteiger partial charge in [-0.1, -0.05) is 145 Å². The van der Waals surface area contributed by atoms with E-state index >= 15 is 0 Å². The first kappa shape index (κ1) is 33.1. The summed E-state index contributed by atoms with van der Waals surface area (Å²) in [4.78, 5) is 1.55. The van der Waals surface area contributed by atoms with Crippen molar-refractivity contribution in [2.45, 2.75) is 78.6 Å². The third kappa shape index (κ3) is 5.15. The molecule has 0 amide bonds. The quantitative estimate of drug-likeness (QED) is 0.152. The molecule has 9 rings (SSSR count). The molecule has 3 aliphatic rings. The van der Waals surface area contributed by atoms with Crippen molar-refractivity contribution in [1.82, 2.24) is 0 Å². The zero-order valence-corrected chi connectivity index (χ0v) is 32.5. The fourth-order valence-corrected chi connectivity index (χ4v) is 10.6. The van der Waals surface area contributed by atoms with Crippen LogP contribution in [-0.4, -0.2) is 0 Å². The highest BCUT2D eigenvalue weighted by Crippen LogP contribution is 2.55. The highest BCUT2D eigenvalue weighted by Gasteiger charge is 2.39. The molecular weight excluding hydrogens is 645 g/mol. The zero-order chi connectivity index (χ0) is 35.9. The zero-order valence-electron chi connectivity index (χ0n) is 31.7. The van der Waals surface area contributed by atoms with Crippen LogP contribution in [0, 0.1) is 12.8 Å². The van der Waals surface area contributed by atoms with Gasteiger partial charge in [0.1, 0.15) is 0 Å². The Labute approximate surface area is 314 Å². The van der Waals surface area contributed by atoms with Crippen LogP contribution < -0.4 is 0 Å². The molecule has 0 saturated carbocycles. The van der Waals surface area contributed by atoms with E-state index in [2.05, 4.69) is 170 Å². The van der Waals surface area contributed by atoms with Crippen molar-refractivity contribution in [3.05, 3.63) is 165 Å². The summed E-state index contributed by atoms with van der Waals surface area (Å²) in [6.07, 6.45) is 15.1. The lowest BCUT2D eigenvalue weighted by Crippen LogP contribution is -2.16. The lowest BCUT2D eigenvalue weighted by molar-refractivity contribution is 0.660. The maximum absolute atomic E-state index is 2.49. The van der Waals surface area contributed by atoms with Gasteiger partial charge in [0, 0.05) is 25.8 Å². The van der Waals surface area contributed by atoms with Crippen molar-refractivity contribution >= 4 is 33.1 Å². The molecule has 6 aromatic rings. The fraction of sp³-hybridized carbons (Fsp3) is 0.255. The Morgan fingerprint density at radius 2 is 1.46 bits per heavy atom. The van der Waals surface area contributed by atoms with Crippen LogP contribution in [0.2, 0.25) is 0 Å². The second-order valence-corrected chi connectivity index (χ2v) is 17.8. The second-order valence-electron chi connectivity index (χ2n) is 16.7. The summed E-state index contributed by atoms with van der Waals surface area (Å²) < 4.78 is 1.43. The van der Waals surface area contributed by atoms with E-state index in [0.29, 0.717) is 5.92 Å². The Morgan fingerprint density at radius 3 is 2.31 bits per heavy atom. The molecule has 0 fully saturated rings. The molecule has 0 unspecified atom stereocenters. The molecule has 1 heterocycles. The van der Waals surface area contributed by atoms with Gasteiger partial charge in [0.2, 0.25) is 0 Å². The minimum absolute atomic E-state index is 0.000162. The van der Waals surface area contributed by atoms with E-state index < -0.39 is 0 Å². The molecule has 52 heavy (non-hydrogen) atoms. The van der Waals surface area contributed by atoms with E-state index in [-0.39, 0.29) is 10.8 Å². The lowest BCUT2D eigenvalue weighted by atomic mass is 9.79. The van der Waals surface area contributed by atoms with E-state index in [1.54, 1.807) is 4.88 Å². The summed E-state index contributed by atoms with van der Waals surface area (Å²) in [6.45, 7) is 16.4. The van der Waals surface area contributed by atoms with Crippen LogP contribution >= 0.6 is 11.3 Å². The first-order valence-electron chi connectivity index (χ1n) is 19.2. The van der Waals surface area contributed by atoms with Gasteiger partial charge in [-0.2, -0.15) is 0 Å². The maximum atomic E-state index is 2.49. The lowest BCUT2D eigenvalue weighted by Gasteiger charge is -2.24. The maximum Gasteiger partial charge on any atom is 0.0355 e. The van der Waals surface area contributed by atoms with Gasteiger partial charge in [0.05, 0.1) is 0 Å². The summed E-state index contributed by atoms with van der Waals surface area (Å²) in [7, 11) is 0. The summed E-state index contributed by atoms with van der Waals surface area (Å²) in [6, 6.07) is 35.0. The molecule has 0 radical (unpaired) electrons. The molecule has 0 bridgehead atoms. The van der Waals surface area contributed by atoms with Gasteiger partial charge in [-0.15, -0.1) is 11.3 Å². The van der Waals surface area contributed by atoms with Crippen molar-refractivity contribution < 1.29 is 0 Å². The van der Waals surface area contributed by atoms with Gasteiger partial charge in [-0.3, -0.25) is 0 Å². The van der Waals surface area contributed by atoms with Crippen LogP contribution in [0.25, 0.3) is 55.1 Å². The van der Waals surface area contributed by atoms with Crippen molar-refractivity contribution in [1.29, 1.82) is 0 Å². The van der Waals surface area contributed by atoms with E-state index in [9.17, 15) is 0 Å². The summed E-state index contributed by atoms with van der Waals surface area (Å²) in [5, 5.41) is 1.49. The number of fused-ring (bicyclic) bond motifs is 10. The van der Waals surface area contributed by atoms with Gasteiger partial charge in [-0.05, 0) is 134 Å². The molecule has 258 valence electrons. The third-order valence-corrected chi connectivity index (χ3v) is 13.4. The van der Waals surface area contributed by atoms with Crippen molar-refractivity contribution in [3.8, 4) is 33.4 Å². The van der Waals surface area contributed by atoms with Crippen LogP contribution in [0.4, 0.5) is 0 Å². The number of rotatable bonds is 6. The minimum Gasteiger partial charge on any atom is -0.140 e. The molecule has 0 saturated heterocycles. The monoisotopic (exact) mass is 692 g/mol. The molecular formula is C51H48S. The van der Waals surface area contributed by atoms with Gasteiger partial charge in [-0.25, -0.2) is 0 Å². The highest BCUT2D eigenvalue weighted by atomic mass is 32.1. The molecule has 0 aliphatic heterocycles. The van der Waals surface area contributed by atoms with Crippen LogP contribution in [0.3, 0.4) is 0 Å². The summed E-state index contributed by atoms with van der Waals surface area (Å²) >= 11 is 2.00. The van der Waals surface area contributed by atoms with Crippen molar-refractivity contribution in [2.24, 2.45) is 5.92 Å². The number of thiophene rings is 1. The SMILES string of the molecule is Cc1ccc(-c2ccc3c(c2)C(C)(C)c2ccccc2-3)cc1C/C=C\C(=C/C(C)C)c1ccc2c(c1)C(C)(C)c1c-2ccc2sc3c(c12)C=CCC3. The Hall–Kier alpha value is -4.72. The van der Waals surface area contributed by atoms with Gasteiger partial charge < -0.3 is 0 Å². The normalized spacial score (nSPS) is 16.3. The largest absolute Gasteiger partial charge is 0.140 e. The predicted molar refractivity (Wildman–Crippen MR) is 227 cm³/mol. The number of hydrogen-bond donors (Lipinski definition) is 0. The molecule has 0 nitrogen and oxygen atoms in total. The smallest absolute Gasteiger partial charge is 0.0355 e. The van der Waals surface area contributed by atoms with Gasteiger partial charge in [0.25, 0.3) is 0 Å². The van der Waals surface area contributed by atoms with Crippen molar-refractivity contribution in [3.63, 3.8) is 0 Å². The first-order chi connectivity index (χ1) is 25.0. The van der Waals surface area contributed by atoms with Crippen LogP contribution in [0.1, 0.15) is 97.3 Å². The number of allylic oxidation sites excluding steroid dienone is 5. The average Bonchev–Trinajstić information content (AvgIpc) is 3.71. The third-order valence-electron chi connectivity index (χ3n) is 12.1. The van der Waals surface area contributed by atoms with Gasteiger partial charge >= 0.3 is 0 Å². The van der Waals surface area contributed by atoms with Gasteiger partial charge in [0.15, 0.2) is 0 Å². The topological polar surface area (TPSA) is 0 Å². The molecule has 0 spiro atoms. The molecule has 1 aromatic heterocycles. The molecule has 5 aromatic carbocycles. The molecule has 0 N–H and O–H groups in total. The Kier molecular flexibility index (Phi) is 7.76. The average molecular weight is 693 g/mol. The molecule has 3 aliphatic carbocycles. The minimum atomic E-state index is -0.0694. The number of aryl methyl sites for hydroxylation is 2. The summed E-state index contributed by atoms with van der Waals surface area (Å²) in [5.41, 5.74) is 20.7. The van der Waals surface area contributed by atoms with Crippen molar-refractivity contribution in [2.75, 3.05) is 0 Å². The fourth-order valence-electron chi connectivity index (χ4n) is 9.40. The first-order valence-corrected chi connectivity index (χ1v) is 20.0. The van der Waals surface area contributed by atoms with E-state index in [4.69, 9.17) is 0 Å². The van der Waals surface area contributed by atoms with E-state index in [1.165, 1.54) is 100.0 Å². The predicted octanol–water partition coefficient (Wildman–Crippen LogP) is 14.3. The van der Waals surface area contributed by atoms with Crippen LogP contribution in [-0.2, 0) is 23.7 Å². The van der Waals surface area contributed by atoms with E-state index in [0.717, 1.165) is 12.8 Å². The second kappa shape index (κ2) is 12.2. The molecule has 0 atom stereocenters. The van der Waals surface area contributed by atoms with Crippen LogP contribution in [0.5, 0.6) is 0 Å². The number of hydrogen-bond acceptors (Lipinski definition) is 1. The Morgan fingerprint density at radius 1 is 0.750 bits per heavy atom. The van der Waals surface area contributed by atoms with Crippen LogP contribution in [0.15, 0.2) is 115 Å². The number of benzene rings is 5. The summed E-state index contributed by atoms with van der Waals surface area (Å²) in [5.74, 6) is 0.446. The Bertz CT molecular complexity index is 2520. The van der Waals surface area contributed by atoms with E-state index in [1.807, 2.05) is 11.3 Å². The Balaban J connectivity index is 1.02. The molecule has 1 heteroatoms. The standard InChI is InChI=1S/C51H48S/c1-31(2)27-34(36-22-24-40-41-25-26-47-48(42-16-9-11-18-46(42)52-47)49(41)51(6,7)45(40)30-36)14-12-13-33-28-35(20-19-32(33)3)37-21-23-39-38-15-8-10-17-43(38)50(4,5)44(39)29-37/h8-10,12,14-17,19-31H,11,13,18H2,1-7H3/b14-12-,34-27+. The highest BCUT2D eigenvalue weighted by molar-refractivity contribution is 7.19.